The van der Waals surface area contributed by atoms with E-state index in [-0.39, 0.29) is 24.2 Å². The SMILES string of the molecule is Cc1cc(OCn2ccc(C(=O)Nc3ccc(NC(=O)c4ccn(C)n4)cc3)n2)cc(C)c1Cl. The number of amides is 2. The van der Waals surface area contributed by atoms with E-state index in [0.717, 1.165) is 11.1 Å². The number of anilines is 2. The Morgan fingerprint density at radius 2 is 1.41 bits per heavy atom. The topological polar surface area (TPSA) is 103 Å². The van der Waals surface area contributed by atoms with Gasteiger partial charge in [0.1, 0.15) is 5.75 Å². The fourth-order valence-electron chi connectivity index (χ4n) is 3.25. The van der Waals surface area contributed by atoms with Crippen molar-refractivity contribution in [3.63, 3.8) is 0 Å². The van der Waals surface area contributed by atoms with Crippen molar-refractivity contribution in [2.24, 2.45) is 7.05 Å². The van der Waals surface area contributed by atoms with E-state index in [1.165, 1.54) is 4.68 Å². The highest BCUT2D eigenvalue weighted by Gasteiger charge is 2.12. The van der Waals surface area contributed by atoms with Crippen molar-refractivity contribution in [2.75, 3.05) is 10.6 Å². The lowest BCUT2D eigenvalue weighted by Crippen LogP contribution is -2.15. The number of carbonyl (C=O) groups excluding carboxylic acids is 2. The molecule has 0 aliphatic rings. The van der Waals surface area contributed by atoms with Crippen LogP contribution in [0.25, 0.3) is 0 Å². The van der Waals surface area contributed by atoms with Crippen molar-refractivity contribution in [1.82, 2.24) is 19.6 Å². The van der Waals surface area contributed by atoms with Crippen molar-refractivity contribution in [2.45, 2.75) is 20.6 Å². The number of halogens is 1. The Hall–Kier alpha value is -4.11. The van der Waals surface area contributed by atoms with E-state index in [0.29, 0.717) is 27.8 Å². The van der Waals surface area contributed by atoms with E-state index in [2.05, 4.69) is 20.8 Å². The van der Waals surface area contributed by atoms with Crippen LogP contribution in [0.5, 0.6) is 5.75 Å². The number of carbonyl (C=O) groups is 2. The first kappa shape index (κ1) is 23.1. The maximum absolute atomic E-state index is 12.6. The Morgan fingerprint density at radius 1 is 0.882 bits per heavy atom. The van der Waals surface area contributed by atoms with Crippen LogP contribution >= 0.6 is 11.6 Å². The van der Waals surface area contributed by atoms with Crippen LogP contribution in [-0.4, -0.2) is 31.4 Å². The molecular weight excluding hydrogens is 456 g/mol. The second-order valence-corrected chi connectivity index (χ2v) is 8.12. The first-order valence-corrected chi connectivity index (χ1v) is 10.8. The lowest BCUT2D eigenvalue weighted by molar-refractivity contribution is 0.101. The van der Waals surface area contributed by atoms with Gasteiger partial charge in [-0.2, -0.15) is 10.2 Å². The van der Waals surface area contributed by atoms with Crippen LogP contribution in [0.2, 0.25) is 5.02 Å². The minimum Gasteiger partial charge on any atom is -0.471 e. The zero-order valence-electron chi connectivity index (χ0n) is 18.9. The monoisotopic (exact) mass is 478 g/mol. The Morgan fingerprint density at radius 3 is 1.94 bits per heavy atom. The number of ether oxygens (including phenoxy) is 1. The van der Waals surface area contributed by atoms with Gasteiger partial charge >= 0.3 is 0 Å². The van der Waals surface area contributed by atoms with Crippen LogP contribution < -0.4 is 15.4 Å². The molecule has 10 heteroatoms. The number of hydrogen-bond acceptors (Lipinski definition) is 5. The molecule has 0 aliphatic heterocycles. The van der Waals surface area contributed by atoms with Gasteiger partial charge in [-0.1, -0.05) is 11.6 Å². The van der Waals surface area contributed by atoms with Crippen LogP contribution in [0.15, 0.2) is 60.9 Å². The molecule has 0 atom stereocenters. The summed E-state index contributed by atoms with van der Waals surface area (Å²) >= 11 is 6.19. The van der Waals surface area contributed by atoms with Gasteiger partial charge in [0.2, 0.25) is 0 Å². The van der Waals surface area contributed by atoms with Crippen LogP contribution in [0.3, 0.4) is 0 Å². The zero-order chi connectivity index (χ0) is 24.2. The summed E-state index contributed by atoms with van der Waals surface area (Å²) in [6, 6.07) is 13.7. The number of aromatic nitrogens is 4. The van der Waals surface area contributed by atoms with Gasteiger partial charge in [-0.15, -0.1) is 0 Å². The van der Waals surface area contributed by atoms with Gasteiger partial charge in [0.25, 0.3) is 11.8 Å². The summed E-state index contributed by atoms with van der Waals surface area (Å²) in [5, 5.41) is 14.6. The lowest BCUT2D eigenvalue weighted by Gasteiger charge is -2.10. The molecule has 0 unspecified atom stereocenters. The Balaban J connectivity index is 1.32. The molecule has 34 heavy (non-hydrogen) atoms. The molecule has 2 N–H and O–H groups in total. The number of hydrogen-bond donors (Lipinski definition) is 2. The number of aryl methyl sites for hydroxylation is 3. The van der Waals surface area contributed by atoms with Gasteiger partial charge in [0.05, 0.1) is 0 Å². The summed E-state index contributed by atoms with van der Waals surface area (Å²) in [7, 11) is 1.74. The second kappa shape index (κ2) is 9.80. The molecule has 4 aromatic rings. The maximum atomic E-state index is 12.6. The molecular formula is C24H23ClN6O3. The number of nitrogens with zero attached hydrogens (tertiary/aromatic N) is 4. The molecule has 0 spiro atoms. The predicted molar refractivity (Wildman–Crippen MR) is 129 cm³/mol. The third kappa shape index (κ3) is 5.44. The molecule has 4 rings (SSSR count). The molecule has 0 fully saturated rings. The molecule has 0 bridgehead atoms. The van der Waals surface area contributed by atoms with Crippen LogP contribution in [0, 0.1) is 13.8 Å². The zero-order valence-corrected chi connectivity index (χ0v) is 19.6. The minimum absolute atomic E-state index is 0.151. The molecule has 2 amide bonds. The normalized spacial score (nSPS) is 10.7. The summed E-state index contributed by atoms with van der Waals surface area (Å²) < 4.78 is 8.86. The molecule has 0 saturated heterocycles. The lowest BCUT2D eigenvalue weighted by atomic mass is 10.1. The number of nitrogens with one attached hydrogen (secondary N) is 2. The van der Waals surface area contributed by atoms with Gasteiger partial charge in [0.15, 0.2) is 18.1 Å². The summed E-state index contributed by atoms with van der Waals surface area (Å²) in [6.45, 7) is 3.98. The smallest absolute Gasteiger partial charge is 0.276 e. The summed E-state index contributed by atoms with van der Waals surface area (Å²) in [6.07, 6.45) is 3.36. The van der Waals surface area contributed by atoms with Crippen molar-refractivity contribution < 1.29 is 14.3 Å². The van der Waals surface area contributed by atoms with Gasteiger partial charge in [-0.3, -0.25) is 14.3 Å². The molecule has 0 aliphatic carbocycles. The summed E-state index contributed by atoms with van der Waals surface area (Å²) in [5.41, 5.74) is 3.58. The molecule has 0 radical (unpaired) electrons. The molecule has 2 aromatic heterocycles. The standard InChI is InChI=1S/C24H23ClN6O3/c1-15-12-19(13-16(2)22(15)25)34-14-31-11-9-21(29-31)24(33)27-18-6-4-17(5-7-18)26-23(32)20-8-10-30(3)28-20/h4-13H,14H2,1-3H3,(H,26,32)(H,27,33). The number of benzene rings is 2. The van der Waals surface area contributed by atoms with Gasteiger partial charge in [-0.05, 0) is 73.5 Å². The average Bonchev–Trinajstić information content (AvgIpc) is 3.46. The maximum Gasteiger partial charge on any atom is 0.276 e. The Bertz CT molecular complexity index is 1320. The van der Waals surface area contributed by atoms with Crippen molar-refractivity contribution in [3.05, 3.63) is 88.5 Å². The van der Waals surface area contributed by atoms with Crippen molar-refractivity contribution >= 4 is 34.8 Å². The van der Waals surface area contributed by atoms with E-state index in [1.54, 1.807) is 60.5 Å². The second-order valence-electron chi connectivity index (χ2n) is 7.75. The highest BCUT2D eigenvalue weighted by Crippen LogP contribution is 2.26. The Kier molecular flexibility index (Phi) is 6.65. The molecule has 2 heterocycles. The average molecular weight is 479 g/mol. The molecule has 9 nitrogen and oxygen atoms in total. The van der Waals surface area contributed by atoms with Crippen LogP contribution in [0.1, 0.15) is 32.1 Å². The van der Waals surface area contributed by atoms with Gasteiger partial charge in [-0.25, -0.2) is 4.68 Å². The number of rotatable bonds is 7. The van der Waals surface area contributed by atoms with Crippen LogP contribution in [0.4, 0.5) is 11.4 Å². The van der Waals surface area contributed by atoms with E-state index < -0.39 is 0 Å². The third-order valence-electron chi connectivity index (χ3n) is 4.99. The van der Waals surface area contributed by atoms with E-state index >= 15 is 0 Å². The minimum atomic E-state index is -0.359. The fourth-order valence-corrected chi connectivity index (χ4v) is 3.36. The fraction of sp³-hybridized carbons (Fsp3) is 0.167. The highest BCUT2D eigenvalue weighted by atomic mass is 35.5. The van der Waals surface area contributed by atoms with Crippen molar-refractivity contribution in [1.29, 1.82) is 0 Å². The first-order valence-electron chi connectivity index (χ1n) is 10.4. The molecule has 174 valence electrons. The molecule has 2 aromatic carbocycles. The summed E-state index contributed by atoms with van der Waals surface area (Å²) in [4.78, 5) is 24.7. The van der Waals surface area contributed by atoms with Gasteiger partial charge < -0.3 is 15.4 Å². The van der Waals surface area contributed by atoms with Crippen molar-refractivity contribution in [3.8, 4) is 5.75 Å². The highest BCUT2D eigenvalue weighted by molar-refractivity contribution is 6.32. The van der Waals surface area contributed by atoms with E-state index in [4.69, 9.17) is 16.3 Å². The predicted octanol–water partition coefficient (Wildman–Crippen LogP) is 4.43. The van der Waals surface area contributed by atoms with Crippen LogP contribution in [-0.2, 0) is 13.8 Å². The van der Waals surface area contributed by atoms with E-state index in [9.17, 15) is 9.59 Å². The summed E-state index contributed by atoms with van der Waals surface area (Å²) in [5.74, 6) is 0.00685. The van der Waals surface area contributed by atoms with Gasteiger partial charge in [0, 0.05) is 35.8 Å². The quantitative estimate of drug-likeness (QED) is 0.409. The third-order valence-corrected chi connectivity index (χ3v) is 5.59. The Labute approximate surface area is 201 Å². The first-order chi connectivity index (χ1) is 16.3. The molecule has 0 saturated carbocycles. The largest absolute Gasteiger partial charge is 0.471 e. The van der Waals surface area contributed by atoms with E-state index in [1.807, 2.05) is 26.0 Å².